The molecule has 0 aromatic heterocycles. The normalized spacial score (nSPS) is 15.0. The van der Waals surface area contributed by atoms with E-state index in [1.165, 1.54) is 12.1 Å². The van der Waals surface area contributed by atoms with Crippen molar-refractivity contribution in [1.82, 2.24) is 4.90 Å². The summed E-state index contributed by atoms with van der Waals surface area (Å²) in [5.74, 6) is -1.45. The number of ketones is 1. The van der Waals surface area contributed by atoms with Crippen LogP contribution in [0.25, 0.3) is 0 Å². The maximum atomic E-state index is 12.8. The van der Waals surface area contributed by atoms with E-state index in [2.05, 4.69) is 16.7 Å². The topological polar surface area (TPSA) is 86.9 Å². The zero-order chi connectivity index (χ0) is 18.7. The van der Waals surface area contributed by atoms with E-state index in [0.717, 1.165) is 38.4 Å². The summed E-state index contributed by atoms with van der Waals surface area (Å²) in [7, 11) is 0. The van der Waals surface area contributed by atoms with Crippen molar-refractivity contribution in [3.63, 3.8) is 0 Å². The van der Waals surface area contributed by atoms with E-state index in [1.54, 1.807) is 24.3 Å². The van der Waals surface area contributed by atoms with Gasteiger partial charge in [0.15, 0.2) is 5.78 Å². The number of nitrogen functional groups attached to an aromatic ring is 1. The Hall–Kier alpha value is -2.86. The molecule has 0 aliphatic carbocycles. The molecule has 1 heterocycles. The first kappa shape index (κ1) is 17.9. The number of nitrogens with two attached hydrogens (primary N) is 1. The van der Waals surface area contributed by atoms with Gasteiger partial charge in [0, 0.05) is 37.3 Å². The molecule has 0 amide bonds. The number of rotatable bonds is 5. The maximum Gasteiger partial charge on any atom is 0.336 e. The van der Waals surface area contributed by atoms with Crippen LogP contribution in [0.3, 0.4) is 0 Å². The molecule has 0 bridgehead atoms. The standard InChI is InChI=1S/C20H23N3O3/c1-2-22-9-11-23(12-10-22)18-8-7-14(13-17(18)21)19(24)15-5-3-4-6-16(15)20(25)26/h3-8,13H,2,9-12,21H2,1H3,(H,25,26). The van der Waals surface area contributed by atoms with Crippen LogP contribution in [0.2, 0.25) is 0 Å². The smallest absolute Gasteiger partial charge is 0.336 e. The van der Waals surface area contributed by atoms with Crippen LogP contribution < -0.4 is 10.6 Å². The number of likely N-dealkylation sites (N-methyl/N-ethyl adjacent to an activating group) is 1. The van der Waals surface area contributed by atoms with Crippen LogP contribution in [0.15, 0.2) is 42.5 Å². The summed E-state index contributed by atoms with van der Waals surface area (Å²) < 4.78 is 0. The number of benzene rings is 2. The number of anilines is 2. The van der Waals surface area contributed by atoms with Crippen molar-refractivity contribution in [3.8, 4) is 0 Å². The van der Waals surface area contributed by atoms with Crippen LogP contribution >= 0.6 is 0 Å². The van der Waals surface area contributed by atoms with Gasteiger partial charge in [0.2, 0.25) is 0 Å². The van der Waals surface area contributed by atoms with Crippen molar-refractivity contribution in [2.75, 3.05) is 43.4 Å². The molecule has 6 heteroatoms. The quantitative estimate of drug-likeness (QED) is 0.634. The molecule has 3 N–H and O–H groups in total. The second kappa shape index (κ2) is 7.58. The molecule has 3 rings (SSSR count). The molecule has 1 fully saturated rings. The largest absolute Gasteiger partial charge is 0.478 e. The number of hydrogen-bond donors (Lipinski definition) is 2. The summed E-state index contributed by atoms with van der Waals surface area (Å²) in [4.78, 5) is 28.7. The highest BCUT2D eigenvalue weighted by Gasteiger charge is 2.21. The lowest BCUT2D eigenvalue weighted by Gasteiger charge is -2.36. The molecular formula is C20H23N3O3. The molecule has 1 aliphatic rings. The number of nitrogens with zero attached hydrogens (tertiary/aromatic N) is 2. The Balaban J connectivity index is 1.84. The third kappa shape index (κ3) is 3.55. The number of piperazine rings is 1. The fraction of sp³-hybridized carbons (Fsp3) is 0.300. The Morgan fingerprint density at radius 1 is 1.04 bits per heavy atom. The highest BCUT2D eigenvalue weighted by atomic mass is 16.4. The number of carbonyl (C=O) groups excluding carboxylic acids is 1. The molecule has 2 aromatic rings. The SMILES string of the molecule is CCN1CCN(c2ccc(C(=O)c3ccccc3C(=O)O)cc2N)CC1. The lowest BCUT2D eigenvalue weighted by atomic mass is 9.97. The summed E-state index contributed by atoms with van der Waals surface area (Å²) in [6.07, 6.45) is 0. The van der Waals surface area contributed by atoms with Gasteiger partial charge in [0.1, 0.15) is 0 Å². The van der Waals surface area contributed by atoms with Gasteiger partial charge in [-0.05, 0) is 30.8 Å². The van der Waals surface area contributed by atoms with Crippen LogP contribution in [-0.4, -0.2) is 54.5 Å². The molecule has 0 saturated carbocycles. The molecule has 26 heavy (non-hydrogen) atoms. The third-order valence-electron chi connectivity index (χ3n) is 4.85. The number of carboxylic acid groups (broad SMARTS) is 1. The van der Waals surface area contributed by atoms with Gasteiger partial charge in [-0.1, -0.05) is 25.1 Å². The van der Waals surface area contributed by atoms with Crippen molar-refractivity contribution in [2.45, 2.75) is 6.92 Å². The first-order valence-electron chi connectivity index (χ1n) is 8.75. The Bertz CT molecular complexity index is 827. The van der Waals surface area contributed by atoms with Gasteiger partial charge in [-0.15, -0.1) is 0 Å². The van der Waals surface area contributed by atoms with E-state index in [0.29, 0.717) is 11.3 Å². The highest BCUT2D eigenvalue weighted by Crippen LogP contribution is 2.27. The lowest BCUT2D eigenvalue weighted by Crippen LogP contribution is -2.46. The van der Waals surface area contributed by atoms with Gasteiger partial charge in [-0.3, -0.25) is 4.79 Å². The Kier molecular flexibility index (Phi) is 5.23. The van der Waals surface area contributed by atoms with Crippen molar-refractivity contribution in [3.05, 3.63) is 59.2 Å². The van der Waals surface area contributed by atoms with Gasteiger partial charge >= 0.3 is 5.97 Å². The molecule has 1 aliphatic heterocycles. The van der Waals surface area contributed by atoms with Crippen LogP contribution in [-0.2, 0) is 0 Å². The lowest BCUT2D eigenvalue weighted by molar-refractivity contribution is 0.0693. The van der Waals surface area contributed by atoms with E-state index in [1.807, 2.05) is 6.07 Å². The first-order chi connectivity index (χ1) is 12.5. The molecule has 0 atom stereocenters. The molecule has 0 unspecified atom stereocenters. The summed E-state index contributed by atoms with van der Waals surface area (Å²) in [6.45, 7) is 6.96. The van der Waals surface area contributed by atoms with Crippen LogP contribution in [0, 0.1) is 0 Å². The predicted molar refractivity (Wildman–Crippen MR) is 102 cm³/mol. The second-order valence-electron chi connectivity index (χ2n) is 6.37. The Labute approximate surface area is 152 Å². The van der Waals surface area contributed by atoms with Crippen LogP contribution in [0.4, 0.5) is 11.4 Å². The maximum absolute atomic E-state index is 12.8. The van der Waals surface area contributed by atoms with Crippen molar-refractivity contribution < 1.29 is 14.7 Å². The molecular weight excluding hydrogens is 330 g/mol. The van der Waals surface area contributed by atoms with Crippen LogP contribution in [0.1, 0.15) is 33.2 Å². The second-order valence-corrected chi connectivity index (χ2v) is 6.37. The summed E-state index contributed by atoms with van der Waals surface area (Å²) >= 11 is 0. The number of carbonyl (C=O) groups is 2. The Morgan fingerprint density at radius 2 is 1.69 bits per heavy atom. The molecule has 2 aromatic carbocycles. The third-order valence-corrected chi connectivity index (χ3v) is 4.85. The number of carboxylic acids is 1. The fourth-order valence-corrected chi connectivity index (χ4v) is 3.31. The van der Waals surface area contributed by atoms with Crippen molar-refractivity contribution in [2.24, 2.45) is 0 Å². The number of hydrogen-bond acceptors (Lipinski definition) is 5. The fourth-order valence-electron chi connectivity index (χ4n) is 3.31. The van der Waals surface area contributed by atoms with E-state index in [9.17, 15) is 14.7 Å². The van der Waals surface area contributed by atoms with Gasteiger partial charge in [0.05, 0.1) is 16.9 Å². The van der Waals surface area contributed by atoms with Gasteiger partial charge in [0.25, 0.3) is 0 Å². The molecule has 1 saturated heterocycles. The minimum atomic E-state index is -1.12. The first-order valence-corrected chi connectivity index (χ1v) is 8.75. The minimum Gasteiger partial charge on any atom is -0.478 e. The summed E-state index contributed by atoms with van der Waals surface area (Å²) in [6, 6.07) is 11.4. The van der Waals surface area contributed by atoms with Crippen molar-refractivity contribution >= 4 is 23.1 Å². The highest BCUT2D eigenvalue weighted by molar-refractivity contribution is 6.14. The zero-order valence-electron chi connectivity index (χ0n) is 14.8. The molecule has 6 nitrogen and oxygen atoms in total. The van der Waals surface area contributed by atoms with Gasteiger partial charge in [-0.25, -0.2) is 4.79 Å². The number of aromatic carboxylic acids is 1. The van der Waals surface area contributed by atoms with Gasteiger partial charge in [-0.2, -0.15) is 0 Å². The summed E-state index contributed by atoms with van der Waals surface area (Å²) in [5, 5.41) is 9.28. The zero-order valence-corrected chi connectivity index (χ0v) is 14.8. The Morgan fingerprint density at radius 3 is 2.27 bits per heavy atom. The molecule has 0 radical (unpaired) electrons. The minimum absolute atomic E-state index is 0.00386. The predicted octanol–water partition coefficient (Wildman–Crippen LogP) is 2.34. The van der Waals surface area contributed by atoms with E-state index < -0.39 is 5.97 Å². The average Bonchev–Trinajstić information content (AvgIpc) is 2.67. The van der Waals surface area contributed by atoms with E-state index >= 15 is 0 Å². The van der Waals surface area contributed by atoms with Crippen molar-refractivity contribution in [1.29, 1.82) is 0 Å². The summed E-state index contributed by atoms with van der Waals surface area (Å²) in [5.41, 5.74) is 8.23. The van der Waals surface area contributed by atoms with Crippen LogP contribution in [0.5, 0.6) is 0 Å². The molecule has 136 valence electrons. The molecule has 0 spiro atoms. The monoisotopic (exact) mass is 353 g/mol. The van der Waals surface area contributed by atoms with Gasteiger partial charge < -0.3 is 20.6 Å². The van der Waals surface area contributed by atoms with E-state index in [4.69, 9.17) is 5.73 Å². The van der Waals surface area contributed by atoms with E-state index in [-0.39, 0.29) is 16.9 Å². The average molecular weight is 353 g/mol.